The summed E-state index contributed by atoms with van der Waals surface area (Å²) < 4.78 is 41.7. The molecule has 1 aliphatic carbocycles. The molecule has 1 fully saturated rings. The number of nitrogens with one attached hydrogen (secondary N) is 1. The van der Waals surface area contributed by atoms with Crippen molar-refractivity contribution in [2.45, 2.75) is 36.9 Å². The zero-order valence-electron chi connectivity index (χ0n) is 13.0. The number of aromatic nitrogens is 5. The number of alkyl halides is 4. The third kappa shape index (κ3) is 3.20. The Morgan fingerprint density at radius 1 is 1.40 bits per heavy atom. The third-order valence-corrected chi connectivity index (χ3v) is 4.72. The van der Waals surface area contributed by atoms with E-state index in [0.29, 0.717) is 6.42 Å². The van der Waals surface area contributed by atoms with Gasteiger partial charge in [0.25, 0.3) is 5.91 Å². The molecule has 0 saturated heterocycles. The van der Waals surface area contributed by atoms with Crippen LogP contribution >= 0.6 is 11.6 Å². The van der Waals surface area contributed by atoms with E-state index in [-0.39, 0.29) is 24.2 Å². The van der Waals surface area contributed by atoms with Gasteiger partial charge < -0.3 is 5.32 Å². The number of aryl methyl sites for hydroxylation is 1. The van der Waals surface area contributed by atoms with Crippen molar-refractivity contribution in [2.24, 2.45) is 13.0 Å². The second-order valence-corrected chi connectivity index (χ2v) is 6.44. The van der Waals surface area contributed by atoms with Crippen LogP contribution in [0.1, 0.15) is 29.8 Å². The Kier molecular flexibility index (Phi) is 4.43. The lowest BCUT2D eigenvalue weighted by Crippen LogP contribution is -2.52. The quantitative estimate of drug-likeness (QED) is 0.783. The second kappa shape index (κ2) is 6.28. The maximum Gasteiger partial charge on any atom is 0.395 e. The third-order valence-electron chi connectivity index (χ3n) is 4.23. The summed E-state index contributed by atoms with van der Waals surface area (Å²) in [6.45, 7) is 0. The number of carbonyl (C=O) groups is 1. The minimum Gasteiger partial charge on any atom is -0.347 e. The van der Waals surface area contributed by atoms with Crippen LogP contribution in [0.3, 0.4) is 0 Å². The van der Waals surface area contributed by atoms with Crippen LogP contribution in [0.15, 0.2) is 11.1 Å². The van der Waals surface area contributed by atoms with E-state index in [1.165, 1.54) is 7.05 Å². The van der Waals surface area contributed by atoms with Crippen molar-refractivity contribution in [3.63, 3.8) is 0 Å². The van der Waals surface area contributed by atoms with Crippen molar-refractivity contribution < 1.29 is 18.0 Å². The zero-order chi connectivity index (χ0) is 18.4. The number of hydrogen-bond acceptors (Lipinski definition) is 5. The van der Waals surface area contributed by atoms with E-state index in [9.17, 15) is 22.8 Å². The Bertz CT molecular complexity index is 864. The smallest absolute Gasteiger partial charge is 0.347 e. The maximum atomic E-state index is 13.3. The first-order valence-corrected chi connectivity index (χ1v) is 7.92. The number of halogens is 4. The highest BCUT2D eigenvalue weighted by Crippen LogP contribution is 2.40. The number of amides is 1. The van der Waals surface area contributed by atoms with Gasteiger partial charge in [-0.3, -0.25) is 4.79 Å². The van der Waals surface area contributed by atoms with E-state index < -0.39 is 35.1 Å². The average molecular weight is 379 g/mol. The highest BCUT2D eigenvalue weighted by molar-refractivity contribution is 6.21. The summed E-state index contributed by atoms with van der Waals surface area (Å²) in [5.74, 6) is -2.70. The summed E-state index contributed by atoms with van der Waals surface area (Å²) >= 11 is 5.85. The van der Waals surface area contributed by atoms with Gasteiger partial charge in [-0.15, -0.1) is 16.7 Å². The van der Waals surface area contributed by atoms with Crippen LogP contribution in [0.5, 0.6) is 0 Å². The molecule has 1 amide bonds. The molecule has 1 saturated carbocycles. The van der Waals surface area contributed by atoms with Gasteiger partial charge in [0.15, 0.2) is 11.3 Å². The Balaban J connectivity index is 1.89. The topological polar surface area (TPSA) is 94.2 Å². The highest BCUT2D eigenvalue weighted by Gasteiger charge is 2.50. The van der Waals surface area contributed by atoms with Crippen LogP contribution in [-0.4, -0.2) is 47.9 Å². The lowest BCUT2D eigenvalue weighted by molar-refractivity contribution is -0.186. The largest absolute Gasteiger partial charge is 0.395 e. The van der Waals surface area contributed by atoms with Gasteiger partial charge in [-0.05, 0) is 19.3 Å². The van der Waals surface area contributed by atoms with Crippen LogP contribution in [0.4, 0.5) is 13.2 Å². The Labute approximate surface area is 144 Å². The number of hydrogen-bond donors (Lipinski definition) is 1. The molecular formula is C13H14ClF3N6O2. The summed E-state index contributed by atoms with van der Waals surface area (Å²) in [5, 5.41) is 8.48. The molecule has 1 N–H and O–H groups in total. The molecule has 25 heavy (non-hydrogen) atoms. The molecule has 136 valence electrons. The Hall–Kier alpha value is -2.17. The van der Waals surface area contributed by atoms with Gasteiger partial charge in [0.2, 0.25) is 0 Å². The van der Waals surface area contributed by atoms with E-state index in [0.717, 1.165) is 15.4 Å². The van der Waals surface area contributed by atoms with Crippen LogP contribution in [-0.2, 0) is 7.05 Å². The van der Waals surface area contributed by atoms with Gasteiger partial charge in [0, 0.05) is 18.5 Å². The molecule has 3 rings (SSSR count). The predicted octanol–water partition coefficient (Wildman–Crippen LogP) is 0.891. The monoisotopic (exact) mass is 378 g/mol. The van der Waals surface area contributed by atoms with Crippen molar-refractivity contribution >= 4 is 23.2 Å². The molecule has 0 aliphatic heterocycles. The van der Waals surface area contributed by atoms with Crippen molar-refractivity contribution in [1.29, 1.82) is 0 Å². The summed E-state index contributed by atoms with van der Waals surface area (Å²) in [6.07, 6.45) is -2.61. The molecule has 8 nitrogen and oxygen atoms in total. The molecule has 0 radical (unpaired) electrons. The number of rotatable bonds is 2. The lowest BCUT2D eigenvalue weighted by atomic mass is 9.83. The molecule has 0 bridgehead atoms. The highest BCUT2D eigenvalue weighted by atomic mass is 35.5. The van der Waals surface area contributed by atoms with Gasteiger partial charge in [-0.25, -0.2) is 14.2 Å². The molecule has 0 aromatic carbocycles. The summed E-state index contributed by atoms with van der Waals surface area (Å²) in [6, 6.07) is -1.17. The molecule has 12 heteroatoms. The van der Waals surface area contributed by atoms with Gasteiger partial charge in [-0.2, -0.15) is 17.9 Å². The Morgan fingerprint density at radius 3 is 2.80 bits per heavy atom. The normalized spacial score (nSPS) is 24.4. The van der Waals surface area contributed by atoms with Crippen LogP contribution in [0, 0.1) is 5.92 Å². The summed E-state index contributed by atoms with van der Waals surface area (Å²) in [5.41, 5.74) is -0.964. The number of fused-ring (bicyclic) bond motifs is 1. The molecule has 3 atom stereocenters. The molecule has 0 spiro atoms. The van der Waals surface area contributed by atoms with E-state index >= 15 is 0 Å². The maximum absolute atomic E-state index is 13.3. The molecule has 2 heterocycles. The number of nitrogens with zero attached hydrogens (tertiary/aromatic N) is 5. The molecule has 1 aliphatic rings. The van der Waals surface area contributed by atoms with Gasteiger partial charge in [0.1, 0.15) is 6.33 Å². The van der Waals surface area contributed by atoms with Gasteiger partial charge in [-0.1, -0.05) is 5.21 Å². The van der Waals surface area contributed by atoms with Crippen molar-refractivity contribution in [2.75, 3.05) is 0 Å². The lowest BCUT2D eigenvalue weighted by Gasteiger charge is -2.36. The minimum atomic E-state index is -4.53. The van der Waals surface area contributed by atoms with Crippen LogP contribution in [0.25, 0.3) is 5.65 Å². The van der Waals surface area contributed by atoms with Crippen molar-refractivity contribution in [1.82, 2.24) is 29.7 Å². The van der Waals surface area contributed by atoms with Gasteiger partial charge in [0.05, 0.1) is 5.92 Å². The SMILES string of the molecule is Cn1nnc2c(C(=O)NC3CCCC(Cl)C3C(F)(F)F)ncn2c1=O. The van der Waals surface area contributed by atoms with E-state index in [1.807, 2.05) is 0 Å². The summed E-state index contributed by atoms with van der Waals surface area (Å²) in [4.78, 5) is 28.0. The zero-order valence-corrected chi connectivity index (χ0v) is 13.8. The van der Waals surface area contributed by atoms with Crippen molar-refractivity contribution in [3.05, 3.63) is 22.5 Å². The first-order chi connectivity index (χ1) is 11.7. The average Bonchev–Trinajstić information content (AvgIpc) is 2.94. The molecular weight excluding hydrogens is 365 g/mol. The van der Waals surface area contributed by atoms with Crippen LogP contribution < -0.4 is 11.0 Å². The number of imidazole rings is 1. The van der Waals surface area contributed by atoms with Crippen LogP contribution in [0.2, 0.25) is 0 Å². The van der Waals surface area contributed by atoms with E-state index in [4.69, 9.17) is 11.6 Å². The standard InChI is InChI=1S/C13H14ClF3N6O2/c1-22-12(25)23-5-18-9(10(23)20-21-22)11(24)19-7-4-2-3-6(14)8(7)13(15,16)17/h5-8H,2-4H2,1H3,(H,19,24). The first-order valence-electron chi connectivity index (χ1n) is 7.49. The molecule has 2 aromatic heterocycles. The molecule has 2 aromatic rings. The fourth-order valence-electron chi connectivity index (χ4n) is 3.02. The summed E-state index contributed by atoms with van der Waals surface area (Å²) in [7, 11) is 1.37. The Morgan fingerprint density at radius 2 is 2.12 bits per heavy atom. The fourth-order valence-corrected chi connectivity index (χ4v) is 3.49. The van der Waals surface area contributed by atoms with Gasteiger partial charge >= 0.3 is 11.9 Å². The van der Waals surface area contributed by atoms with Crippen molar-refractivity contribution in [3.8, 4) is 0 Å². The number of carbonyl (C=O) groups excluding carboxylic acids is 1. The second-order valence-electron chi connectivity index (χ2n) is 5.88. The predicted molar refractivity (Wildman–Crippen MR) is 80.3 cm³/mol. The fraction of sp³-hybridized carbons (Fsp3) is 0.615. The van der Waals surface area contributed by atoms with E-state index in [2.05, 4.69) is 20.6 Å². The first kappa shape index (κ1) is 17.6. The minimum absolute atomic E-state index is 0.123. The molecule has 3 unspecified atom stereocenters. The van der Waals surface area contributed by atoms with E-state index in [1.54, 1.807) is 0 Å².